The Morgan fingerprint density at radius 2 is 0.979 bits per heavy atom. The Bertz CT molecular complexity index is 2260. The minimum Gasteiger partial charge on any atom is -0.238 e. The Hall–Kier alpha value is -6.18. The van der Waals surface area contributed by atoms with Crippen molar-refractivity contribution in [3.8, 4) is 67.5 Å². The molecule has 1 aliphatic rings. The molecule has 0 atom stereocenters. The van der Waals surface area contributed by atoms with Gasteiger partial charge in [-0.15, -0.1) is 0 Å². The minimum absolute atomic E-state index is 0.248. The summed E-state index contributed by atoms with van der Waals surface area (Å²) in [5, 5.41) is 0. The molecule has 0 radical (unpaired) electrons. The van der Waals surface area contributed by atoms with Crippen LogP contribution in [0.4, 0.5) is 5.69 Å². The lowest BCUT2D eigenvalue weighted by Gasteiger charge is -2.23. The molecule has 0 saturated carbocycles. The second kappa shape index (κ2) is 11.3. The molecule has 0 aliphatic heterocycles. The molecule has 0 N–H and O–H groups in total. The number of fused-ring (bicyclic) bond motifs is 3. The molecule has 8 rings (SSSR count). The number of hydrogen-bond donors (Lipinski definition) is 0. The van der Waals surface area contributed by atoms with E-state index in [9.17, 15) is 0 Å². The predicted octanol–water partition coefficient (Wildman–Crippen LogP) is 11.1. The summed E-state index contributed by atoms with van der Waals surface area (Å²) >= 11 is 0. The second-order valence-corrected chi connectivity index (χ2v) is 12.4. The number of nitrogens with zero attached hydrogens (tertiary/aromatic N) is 4. The van der Waals surface area contributed by atoms with Crippen LogP contribution >= 0.6 is 0 Å². The van der Waals surface area contributed by atoms with Crippen LogP contribution < -0.4 is 0 Å². The molecular weight excluding hydrogens is 573 g/mol. The lowest BCUT2D eigenvalue weighted by molar-refractivity contribution is 0.663. The van der Waals surface area contributed by atoms with E-state index in [1.165, 1.54) is 16.7 Å². The quantitative estimate of drug-likeness (QED) is 0.184. The summed E-state index contributed by atoms with van der Waals surface area (Å²) in [5.41, 5.74) is 12.5. The zero-order valence-electron chi connectivity index (χ0n) is 26.1. The summed E-state index contributed by atoms with van der Waals surface area (Å²) in [4.78, 5) is 18.7. The summed E-state index contributed by atoms with van der Waals surface area (Å²) in [6.45, 7) is 12.2. The first-order valence-corrected chi connectivity index (χ1v) is 15.7. The summed E-state index contributed by atoms with van der Waals surface area (Å²) in [6.07, 6.45) is 0. The molecule has 6 aromatic carbocycles. The molecule has 4 heteroatoms. The largest absolute Gasteiger partial charge is 0.238 e. The van der Waals surface area contributed by atoms with Crippen molar-refractivity contribution >= 4 is 5.69 Å². The average molecular weight is 603 g/mol. The van der Waals surface area contributed by atoms with Gasteiger partial charge >= 0.3 is 0 Å². The van der Waals surface area contributed by atoms with Gasteiger partial charge in [-0.2, -0.15) is 0 Å². The van der Waals surface area contributed by atoms with Crippen molar-refractivity contribution < 1.29 is 0 Å². The van der Waals surface area contributed by atoms with Gasteiger partial charge in [0.25, 0.3) is 0 Å². The summed E-state index contributed by atoms with van der Waals surface area (Å²) < 4.78 is 0. The Morgan fingerprint density at radius 1 is 0.447 bits per heavy atom. The van der Waals surface area contributed by atoms with Gasteiger partial charge in [-0.25, -0.2) is 19.8 Å². The van der Waals surface area contributed by atoms with Crippen LogP contribution in [0.3, 0.4) is 0 Å². The molecule has 1 aromatic heterocycles. The maximum Gasteiger partial charge on any atom is 0.191 e. The van der Waals surface area contributed by atoms with Gasteiger partial charge in [-0.1, -0.05) is 153 Å². The molecule has 0 saturated heterocycles. The van der Waals surface area contributed by atoms with Crippen LogP contribution in [0.25, 0.3) is 72.4 Å². The predicted molar refractivity (Wildman–Crippen MR) is 191 cm³/mol. The van der Waals surface area contributed by atoms with Crippen LogP contribution in [0.15, 0.2) is 146 Å². The summed E-state index contributed by atoms with van der Waals surface area (Å²) in [6, 6.07) is 49.9. The van der Waals surface area contributed by atoms with Gasteiger partial charge < -0.3 is 0 Å². The van der Waals surface area contributed by atoms with Crippen molar-refractivity contribution in [1.29, 1.82) is 0 Å². The summed E-state index contributed by atoms with van der Waals surface area (Å²) in [5.74, 6) is 1.92. The molecule has 47 heavy (non-hydrogen) atoms. The van der Waals surface area contributed by atoms with Crippen LogP contribution in [0.1, 0.15) is 25.0 Å². The number of rotatable bonds is 5. The van der Waals surface area contributed by atoms with Crippen LogP contribution in [0, 0.1) is 6.57 Å². The van der Waals surface area contributed by atoms with E-state index in [0.29, 0.717) is 17.5 Å². The highest BCUT2D eigenvalue weighted by Crippen LogP contribution is 2.53. The molecule has 222 valence electrons. The van der Waals surface area contributed by atoms with Gasteiger partial charge in [-0.3, -0.25) is 0 Å². The molecule has 4 nitrogen and oxygen atoms in total. The van der Waals surface area contributed by atoms with Crippen molar-refractivity contribution in [2.45, 2.75) is 19.3 Å². The Morgan fingerprint density at radius 3 is 1.62 bits per heavy atom. The fourth-order valence-corrected chi connectivity index (χ4v) is 6.83. The first-order chi connectivity index (χ1) is 23.0. The lowest BCUT2D eigenvalue weighted by atomic mass is 9.81. The molecule has 0 amide bonds. The van der Waals surface area contributed by atoms with Gasteiger partial charge in [0, 0.05) is 22.1 Å². The normalized spacial score (nSPS) is 12.6. The number of hydrogen-bond acceptors (Lipinski definition) is 3. The fourth-order valence-electron chi connectivity index (χ4n) is 6.83. The lowest BCUT2D eigenvalue weighted by Crippen LogP contribution is -2.15. The molecule has 1 aliphatic carbocycles. The molecule has 0 fully saturated rings. The van der Waals surface area contributed by atoms with Crippen molar-refractivity contribution in [1.82, 2.24) is 15.0 Å². The number of benzene rings is 6. The zero-order valence-corrected chi connectivity index (χ0v) is 26.1. The SMILES string of the molecule is [C-]#[N+]c1cccc2c1C(C)(C)c1cc(-c3ccc(-c4ccccc4-c4nc(-c5ccccc5)nc(-c5ccccc5)n4)cc3)ccc1-2. The average Bonchev–Trinajstić information content (AvgIpc) is 3.38. The van der Waals surface area contributed by atoms with Gasteiger partial charge in [0.05, 0.1) is 6.57 Å². The number of aromatic nitrogens is 3. The fraction of sp³-hybridized carbons (Fsp3) is 0.0698. The molecule has 0 spiro atoms. The van der Waals surface area contributed by atoms with Crippen molar-refractivity contribution in [3.63, 3.8) is 0 Å². The van der Waals surface area contributed by atoms with E-state index in [0.717, 1.165) is 50.2 Å². The first-order valence-electron chi connectivity index (χ1n) is 15.7. The van der Waals surface area contributed by atoms with Crippen LogP contribution in [0.2, 0.25) is 0 Å². The van der Waals surface area contributed by atoms with E-state index in [-0.39, 0.29) is 5.41 Å². The van der Waals surface area contributed by atoms with Crippen molar-refractivity contribution in [2.75, 3.05) is 0 Å². The van der Waals surface area contributed by atoms with Crippen molar-refractivity contribution in [2.24, 2.45) is 0 Å². The highest BCUT2D eigenvalue weighted by atomic mass is 15.0. The molecular formula is C43H30N4. The van der Waals surface area contributed by atoms with E-state index < -0.39 is 0 Å². The third-order valence-electron chi connectivity index (χ3n) is 9.17. The first kappa shape index (κ1) is 28.3. The van der Waals surface area contributed by atoms with E-state index >= 15 is 0 Å². The van der Waals surface area contributed by atoms with Crippen LogP contribution in [0.5, 0.6) is 0 Å². The standard InChI is InChI=1S/C43H30N4/c1-43(2)37-27-32(25-26-34(37)35-19-12-20-38(44-3)39(35)43)28-21-23-29(24-22-28)33-17-10-11-18-36(33)42-46-40(30-13-6-4-7-14-30)45-41(47-42)31-15-8-5-9-16-31/h4-27H,1-2H3. The van der Waals surface area contributed by atoms with E-state index in [4.69, 9.17) is 21.5 Å². The van der Waals surface area contributed by atoms with E-state index in [2.05, 4.69) is 85.4 Å². The summed E-state index contributed by atoms with van der Waals surface area (Å²) in [7, 11) is 0. The molecule has 7 aromatic rings. The van der Waals surface area contributed by atoms with Crippen molar-refractivity contribution in [3.05, 3.63) is 168 Å². The van der Waals surface area contributed by atoms with E-state index in [1.807, 2.05) is 78.9 Å². The van der Waals surface area contributed by atoms with Gasteiger partial charge in [0.2, 0.25) is 0 Å². The second-order valence-electron chi connectivity index (χ2n) is 12.4. The molecule has 1 heterocycles. The maximum absolute atomic E-state index is 7.75. The monoisotopic (exact) mass is 602 g/mol. The molecule has 0 unspecified atom stereocenters. The Balaban J connectivity index is 1.18. The van der Waals surface area contributed by atoms with Crippen LogP contribution in [-0.4, -0.2) is 15.0 Å². The topological polar surface area (TPSA) is 43.0 Å². The maximum atomic E-state index is 7.75. The third-order valence-corrected chi connectivity index (χ3v) is 9.17. The van der Waals surface area contributed by atoms with Gasteiger partial charge in [0.15, 0.2) is 23.2 Å². The Kier molecular flexibility index (Phi) is 6.82. The van der Waals surface area contributed by atoms with E-state index in [1.54, 1.807) is 0 Å². The minimum atomic E-state index is -0.248. The zero-order chi connectivity index (χ0) is 32.0. The smallest absolute Gasteiger partial charge is 0.191 e. The molecule has 0 bridgehead atoms. The Labute approximate surface area is 274 Å². The third kappa shape index (κ3) is 4.90. The highest BCUT2D eigenvalue weighted by molar-refractivity contribution is 5.88. The van der Waals surface area contributed by atoms with Gasteiger partial charge in [-0.05, 0) is 50.6 Å². The highest BCUT2D eigenvalue weighted by Gasteiger charge is 2.37. The van der Waals surface area contributed by atoms with Crippen LogP contribution in [-0.2, 0) is 5.41 Å². The van der Waals surface area contributed by atoms with Gasteiger partial charge in [0.1, 0.15) is 0 Å².